The third-order valence-electron chi connectivity index (χ3n) is 2.50. The lowest BCUT2D eigenvalue weighted by atomic mass is 10.1. The molecule has 0 radical (unpaired) electrons. The zero-order valence-corrected chi connectivity index (χ0v) is 11.3. The van der Waals surface area contributed by atoms with Crippen LogP contribution in [-0.2, 0) is 0 Å². The fourth-order valence-corrected chi connectivity index (χ4v) is 2.53. The van der Waals surface area contributed by atoms with E-state index in [0.29, 0.717) is 10.7 Å². The Labute approximate surface area is 107 Å². The summed E-state index contributed by atoms with van der Waals surface area (Å²) in [6, 6.07) is 1.95. The molecule has 5 heteroatoms. The Bertz CT molecular complexity index is 569. The zero-order chi connectivity index (χ0) is 11.9. The lowest BCUT2D eigenvalue weighted by Crippen LogP contribution is -1.99. The second-order valence-corrected chi connectivity index (χ2v) is 4.78. The summed E-state index contributed by atoms with van der Waals surface area (Å²) in [6.07, 6.45) is 1.64. The van der Waals surface area contributed by atoms with Crippen LogP contribution in [0, 0.1) is 6.92 Å². The maximum absolute atomic E-state index is 6.27. The van der Waals surface area contributed by atoms with E-state index in [2.05, 4.69) is 26.2 Å². The molecular weight excluding hydrogens is 289 g/mol. The average molecular weight is 301 g/mol. The number of pyridine rings is 1. The van der Waals surface area contributed by atoms with E-state index in [1.54, 1.807) is 6.20 Å². The van der Waals surface area contributed by atoms with Crippen LogP contribution in [0.5, 0.6) is 0 Å². The van der Waals surface area contributed by atoms with Crippen molar-refractivity contribution in [2.24, 2.45) is 0 Å². The molecule has 0 amide bonds. The smallest absolute Gasteiger partial charge is 0.0769 e. The minimum absolute atomic E-state index is 0.592. The molecule has 0 aliphatic carbocycles. The predicted octanol–water partition coefficient (Wildman–Crippen LogP) is 3.58. The van der Waals surface area contributed by atoms with E-state index in [1.165, 1.54) is 0 Å². The number of nitrogens with two attached hydrogens (primary N) is 1. The monoisotopic (exact) mass is 299 g/mol. The Hall–Kier alpha value is -1.000. The van der Waals surface area contributed by atoms with Gasteiger partial charge in [0.2, 0.25) is 0 Å². The second kappa shape index (κ2) is 4.11. The van der Waals surface area contributed by atoms with Crippen LogP contribution < -0.4 is 11.1 Å². The SMILES string of the molecule is CNc1c(N)cnc2c(C)cc(Br)c(Cl)c12. The Balaban J connectivity index is 3.01. The van der Waals surface area contributed by atoms with Gasteiger partial charge in [0.05, 0.1) is 28.1 Å². The van der Waals surface area contributed by atoms with E-state index >= 15 is 0 Å². The molecule has 0 saturated carbocycles. The topological polar surface area (TPSA) is 50.9 Å². The molecule has 3 nitrogen and oxygen atoms in total. The highest BCUT2D eigenvalue weighted by Crippen LogP contribution is 2.38. The summed E-state index contributed by atoms with van der Waals surface area (Å²) in [7, 11) is 1.82. The molecule has 2 rings (SSSR count). The number of halogens is 2. The molecule has 0 spiro atoms. The number of fused-ring (bicyclic) bond motifs is 1. The third-order valence-corrected chi connectivity index (χ3v) is 3.75. The van der Waals surface area contributed by atoms with Crippen LogP contribution in [0.25, 0.3) is 10.9 Å². The highest BCUT2D eigenvalue weighted by molar-refractivity contribution is 9.10. The van der Waals surface area contributed by atoms with Gasteiger partial charge in [-0.25, -0.2) is 0 Å². The van der Waals surface area contributed by atoms with Crippen molar-refractivity contribution in [1.29, 1.82) is 0 Å². The average Bonchev–Trinajstić information content (AvgIpc) is 2.25. The lowest BCUT2D eigenvalue weighted by Gasteiger charge is -2.12. The second-order valence-electron chi connectivity index (χ2n) is 3.55. The Morgan fingerprint density at radius 3 is 2.81 bits per heavy atom. The summed E-state index contributed by atoms with van der Waals surface area (Å²) >= 11 is 9.70. The molecule has 0 aliphatic heterocycles. The molecule has 1 aromatic carbocycles. The van der Waals surface area contributed by atoms with Crippen molar-refractivity contribution in [2.45, 2.75) is 6.92 Å². The Morgan fingerprint density at radius 1 is 1.50 bits per heavy atom. The van der Waals surface area contributed by atoms with Gasteiger partial charge in [0.1, 0.15) is 0 Å². The first-order valence-corrected chi connectivity index (χ1v) is 5.94. The van der Waals surface area contributed by atoms with Gasteiger partial charge in [-0.1, -0.05) is 11.6 Å². The molecule has 0 aliphatic rings. The van der Waals surface area contributed by atoms with Gasteiger partial charge in [0.15, 0.2) is 0 Å². The molecule has 0 fully saturated rings. The van der Waals surface area contributed by atoms with Crippen LogP contribution in [-0.4, -0.2) is 12.0 Å². The van der Waals surface area contributed by atoms with Crippen LogP contribution >= 0.6 is 27.5 Å². The highest BCUT2D eigenvalue weighted by Gasteiger charge is 2.13. The van der Waals surface area contributed by atoms with Crippen molar-refractivity contribution in [1.82, 2.24) is 4.98 Å². The van der Waals surface area contributed by atoms with E-state index in [4.69, 9.17) is 17.3 Å². The molecule has 84 valence electrons. The Kier molecular flexibility index (Phi) is 2.95. The maximum Gasteiger partial charge on any atom is 0.0769 e. The first kappa shape index (κ1) is 11.5. The number of nitrogens with zero attached hydrogens (tertiary/aromatic N) is 1. The molecule has 0 unspecified atom stereocenters. The van der Waals surface area contributed by atoms with Crippen LogP contribution in [0.15, 0.2) is 16.7 Å². The van der Waals surface area contributed by atoms with Crippen molar-refractivity contribution < 1.29 is 0 Å². The van der Waals surface area contributed by atoms with Crippen molar-refractivity contribution in [3.63, 3.8) is 0 Å². The number of aryl methyl sites for hydroxylation is 1. The summed E-state index contributed by atoms with van der Waals surface area (Å²) in [5, 5.41) is 4.55. The minimum Gasteiger partial charge on any atom is -0.396 e. The number of benzene rings is 1. The number of hydrogen-bond acceptors (Lipinski definition) is 3. The van der Waals surface area contributed by atoms with Crippen LogP contribution in [0.1, 0.15) is 5.56 Å². The van der Waals surface area contributed by atoms with Gasteiger partial charge >= 0.3 is 0 Å². The zero-order valence-electron chi connectivity index (χ0n) is 8.94. The molecule has 0 atom stereocenters. The number of hydrogen-bond donors (Lipinski definition) is 2. The van der Waals surface area contributed by atoms with Crippen molar-refractivity contribution in [3.8, 4) is 0 Å². The van der Waals surface area contributed by atoms with E-state index in [1.807, 2.05) is 20.0 Å². The molecule has 1 aromatic heterocycles. The van der Waals surface area contributed by atoms with Gasteiger partial charge < -0.3 is 11.1 Å². The highest BCUT2D eigenvalue weighted by atomic mass is 79.9. The fourth-order valence-electron chi connectivity index (χ4n) is 1.75. The van der Waals surface area contributed by atoms with Gasteiger partial charge in [0.25, 0.3) is 0 Å². The summed E-state index contributed by atoms with van der Waals surface area (Å²) in [4.78, 5) is 4.32. The van der Waals surface area contributed by atoms with Crippen molar-refractivity contribution in [2.75, 3.05) is 18.1 Å². The van der Waals surface area contributed by atoms with Crippen LogP contribution in [0.3, 0.4) is 0 Å². The van der Waals surface area contributed by atoms with Gasteiger partial charge in [-0.2, -0.15) is 0 Å². The first-order chi connectivity index (χ1) is 7.56. The van der Waals surface area contributed by atoms with E-state index < -0.39 is 0 Å². The Morgan fingerprint density at radius 2 is 2.19 bits per heavy atom. The van der Waals surface area contributed by atoms with E-state index in [0.717, 1.165) is 26.6 Å². The maximum atomic E-state index is 6.27. The fraction of sp³-hybridized carbons (Fsp3) is 0.182. The number of rotatable bonds is 1. The first-order valence-electron chi connectivity index (χ1n) is 4.76. The summed E-state index contributed by atoms with van der Waals surface area (Å²) in [6.45, 7) is 1.99. The lowest BCUT2D eigenvalue weighted by molar-refractivity contribution is 1.35. The molecule has 16 heavy (non-hydrogen) atoms. The normalized spacial score (nSPS) is 10.8. The number of anilines is 2. The van der Waals surface area contributed by atoms with Gasteiger partial charge in [-0.15, -0.1) is 0 Å². The number of aromatic nitrogens is 1. The molecule has 0 saturated heterocycles. The largest absolute Gasteiger partial charge is 0.396 e. The minimum atomic E-state index is 0.592. The molecule has 3 N–H and O–H groups in total. The number of nitrogens with one attached hydrogen (secondary N) is 1. The molecule has 2 aromatic rings. The quantitative estimate of drug-likeness (QED) is 0.846. The van der Waals surface area contributed by atoms with Crippen molar-refractivity contribution in [3.05, 3.63) is 27.3 Å². The van der Waals surface area contributed by atoms with Gasteiger partial charge in [-0.3, -0.25) is 4.98 Å². The summed E-state index contributed by atoms with van der Waals surface area (Å²) in [5.41, 5.74) is 9.20. The standard InChI is InChI=1S/C11H11BrClN3/c1-5-3-6(12)9(13)8-10(5)16-4-7(14)11(8)15-2/h3-4H,14H2,1-2H3,(H,15,16). The van der Waals surface area contributed by atoms with Crippen molar-refractivity contribution >= 4 is 49.8 Å². The summed E-state index contributed by atoms with van der Waals surface area (Å²) in [5.74, 6) is 0. The van der Waals surface area contributed by atoms with Gasteiger partial charge in [-0.05, 0) is 34.5 Å². The number of nitrogen functional groups attached to an aromatic ring is 1. The van der Waals surface area contributed by atoms with E-state index in [9.17, 15) is 0 Å². The third kappa shape index (κ3) is 1.62. The van der Waals surface area contributed by atoms with Crippen LogP contribution in [0.2, 0.25) is 5.02 Å². The molecule has 1 heterocycles. The molecular formula is C11H11BrClN3. The van der Waals surface area contributed by atoms with Gasteiger partial charge in [0, 0.05) is 16.9 Å². The predicted molar refractivity (Wildman–Crippen MR) is 73.1 cm³/mol. The molecule has 0 bridgehead atoms. The summed E-state index contributed by atoms with van der Waals surface area (Å²) < 4.78 is 0.850. The van der Waals surface area contributed by atoms with Crippen LogP contribution in [0.4, 0.5) is 11.4 Å². The van der Waals surface area contributed by atoms with E-state index in [-0.39, 0.29) is 0 Å².